The third-order valence-electron chi connectivity index (χ3n) is 7.74. The average Bonchev–Trinajstić information content (AvgIpc) is 3.02. The molecule has 232 valence electrons. The molecule has 2 aliphatic heterocycles. The van der Waals surface area contributed by atoms with E-state index in [0.29, 0.717) is 23.7 Å². The molecular weight excluding hydrogens is 540 g/mol. The number of benzene rings is 2. The number of hydrogen-bond acceptors (Lipinski definition) is 7. The molecule has 1 N–H and O–H groups in total. The van der Waals surface area contributed by atoms with Crippen molar-refractivity contribution in [3.63, 3.8) is 0 Å². The van der Waals surface area contributed by atoms with E-state index >= 15 is 0 Å². The number of amides is 1. The van der Waals surface area contributed by atoms with Gasteiger partial charge in [-0.3, -0.25) is 0 Å². The van der Waals surface area contributed by atoms with Crippen LogP contribution in [0.15, 0.2) is 48.5 Å². The number of likely N-dealkylation sites (tertiary alicyclic amines) is 1. The van der Waals surface area contributed by atoms with Crippen molar-refractivity contribution < 1.29 is 19.0 Å². The molecule has 0 spiro atoms. The molecular formula is C35H48N4O4. The first kappa shape index (κ1) is 33.7. The lowest BCUT2D eigenvalue weighted by atomic mass is 9.92. The fraction of sp³-hybridized carbons (Fsp3) is 0.571. The summed E-state index contributed by atoms with van der Waals surface area (Å²) >= 11 is 0. The lowest BCUT2D eigenvalue weighted by Crippen LogP contribution is -2.41. The number of piperidine rings is 2. The third-order valence-corrected chi connectivity index (χ3v) is 7.74. The Balaban J connectivity index is 0.000000248. The molecule has 2 aromatic carbocycles. The molecule has 1 amide bonds. The largest absolute Gasteiger partial charge is 0.494 e. The summed E-state index contributed by atoms with van der Waals surface area (Å²) in [5.41, 5.74) is 0.887. The topological polar surface area (TPSA) is 108 Å². The molecule has 2 aliphatic rings. The van der Waals surface area contributed by atoms with E-state index in [2.05, 4.69) is 17.5 Å². The minimum atomic E-state index is -0.434. The van der Waals surface area contributed by atoms with Crippen LogP contribution in [0.1, 0.15) is 83.3 Å². The molecule has 0 radical (unpaired) electrons. The van der Waals surface area contributed by atoms with Crippen molar-refractivity contribution in [2.24, 2.45) is 11.8 Å². The van der Waals surface area contributed by atoms with Crippen molar-refractivity contribution in [3.8, 4) is 23.6 Å². The highest BCUT2D eigenvalue weighted by Gasteiger charge is 2.26. The molecule has 0 aromatic heterocycles. The quantitative estimate of drug-likeness (QED) is 0.296. The van der Waals surface area contributed by atoms with E-state index in [1.807, 2.05) is 49.9 Å². The number of nitriles is 2. The lowest BCUT2D eigenvalue weighted by Gasteiger charge is -2.33. The van der Waals surface area contributed by atoms with Gasteiger partial charge in [-0.25, -0.2) is 4.79 Å². The van der Waals surface area contributed by atoms with Gasteiger partial charge in [-0.2, -0.15) is 10.5 Å². The molecule has 43 heavy (non-hydrogen) atoms. The first-order valence-corrected chi connectivity index (χ1v) is 15.7. The molecule has 2 fully saturated rings. The molecule has 2 heterocycles. The predicted molar refractivity (Wildman–Crippen MR) is 168 cm³/mol. The van der Waals surface area contributed by atoms with Gasteiger partial charge in [0.25, 0.3) is 0 Å². The van der Waals surface area contributed by atoms with Crippen molar-refractivity contribution in [1.82, 2.24) is 10.2 Å². The van der Waals surface area contributed by atoms with Gasteiger partial charge >= 0.3 is 6.09 Å². The highest BCUT2D eigenvalue weighted by atomic mass is 16.6. The molecule has 0 unspecified atom stereocenters. The number of nitrogens with one attached hydrogen (secondary N) is 1. The van der Waals surface area contributed by atoms with Crippen LogP contribution in [0, 0.1) is 34.5 Å². The summed E-state index contributed by atoms with van der Waals surface area (Å²) in [4.78, 5) is 13.9. The fourth-order valence-corrected chi connectivity index (χ4v) is 5.28. The first-order chi connectivity index (χ1) is 20.8. The molecule has 0 aliphatic carbocycles. The Labute approximate surface area is 257 Å². The highest BCUT2D eigenvalue weighted by Crippen LogP contribution is 2.24. The van der Waals surface area contributed by atoms with E-state index < -0.39 is 5.60 Å². The standard InChI is InChI=1S/C20H28N2O3.C15H20N2O/c1-20(2,3)25-19(23)22-12-10-16(11-13-22)5-4-14-24-18-8-6-17(15-21)7-9-18;16-12-14-3-5-15(6-4-14)18-11-1-2-13-7-9-17-10-8-13/h6-9,16H,4-5,10-14H2,1-3H3;3-6,13,17H,1-2,7-11H2. The molecule has 0 bridgehead atoms. The maximum Gasteiger partial charge on any atom is 0.410 e. The normalized spacial score (nSPS) is 15.8. The maximum absolute atomic E-state index is 12.0. The van der Waals surface area contributed by atoms with Crippen LogP contribution in [0.3, 0.4) is 0 Å². The van der Waals surface area contributed by atoms with Crippen LogP contribution in [0.2, 0.25) is 0 Å². The van der Waals surface area contributed by atoms with Gasteiger partial charge in [0.15, 0.2) is 0 Å². The summed E-state index contributed by atoms with van der Waals surface area (Å²) in [6, 6.07) is 18.7. The van der Waals surface area contributed by atoms with Crippen LogP contribution in [0.25, 0.3) is 0 Å². The SMILES string of the molecule is CC(C)(C)OC(=O)N1CCC(CCCOc2ccc(C#N)cc2)CC1.N#Cc1ccc(OCCCC2CCNCC2)cc1. The second-order valence-corrected chi connectivity index (χ2v) is 12.4. The van der Waals surface area contributed by atoms with Crippen LogP contribution in [0.5, 0.6) is 11.5 Å². The minimum Gasteiger partial charge on any atom is -0.494 e. The van der Waals surface area contributed by atoms with Gasteiger partial charge in [-0.05, 0) is 146 Å². The number of carbonyl (C=O) groups excluding carboxylic acids is 1. The zero-order valence-corrected chi connectivity index (χ0v) is 26.1. The van der Waals surface area contributed by atoms with Crippen LogP contribution in [0.4, 0.5) is 4.79 Å². The van der Waals surface area contributed by atoms with E-state index in [9.17, 15) is 4.79 Å². The summed E-state index contributed by atoms with van der Waals surface area (Å²) in [5, 5.41) is 20.8. The third kappa shape index (κ3) is 13.4. The van der Waals surface area contributed by atoms with Crippen molar-refractivity contribution in [2.45, 2.75) is 77.7 Å². The number of ether oxygens (including phenoxy) is 3. The van der Waals surface area contributed by atoms with Gasteiger partial charge < -0.3 is 24.4 Å². The van der Waals surface area contributed by atoms with Crippen molar-refractivity contribution in [2.75, 3.05) is 39.4 Å². The average molecular weight is 589 g/mol. The molecule has 8 nitrogen and oxygen atoms in total. The van der Waals surface area contributed by atoms with Crippen LogP contribution >= 0.6 is 0 Å². The molecule has 0 atom stereocenters. The summed E-state index contributed by atoms with van der Waals surface area (Å²) in [6.07, 6.45) is 8.94. The zero-order valence-electron chi connectivity index (χ0n) is 26.1. The van der Waals surface area contributed by atoms with Crippen molar-refractivity contribution >= 4 is 6.09 Å². The number of hydrogen-bond donors (Lipinski definition) is 1. The Morgan fingerprint density at radius 2 is 1.23 bits per heavy atom. The monoisotopic (exact) mass is 588 g/mol. The molecule has 0 saturated carbocycles. The smallest absolute Gasteiger partial charge is 0.410 e. The Kier molecular flexibility index (Phi) is 14.2. The van der Waals surface area contributed by atoms with Gasteiger partial charge in [0.2, 0.25) is 0 Å². The minimum absolute atomic E-state index is 0.199. The Bertz CT molecular complexity index is 1160. The van der Waals surface area contributed by atoms with E-state index in [0.717, 1.165) is 69.2 Å². The summed E-state index contributed by atoms with van der Waals surface area (Å²) < 4.78 is 16.8. The van der Waals surface area contributed by atoms with Crippen molar-refractivity contribution in [1.29, 1.82) is 10.5 Å². The summed E-state index contributed by atoms with van der Waals surface area (Å²) in [5.74, 6) is 3.18. The summed E-state index contributed by atoms with van der Waals surface area (Å²) in [6.45, 7) is 11.0. The number of carbonyl (C=O) groups is 1. The van der Waals surface area contributed by atoms with Gasteiger partial charge in [0.05, 0.1) is 36.5 Å². The number of nitrogens with zero attached hydrogens (tertiary/aromatic N) is 3. The first-order valence-electron chi connectivity index (χ1n) is 15.7. The Hall–Kier alpha value is -3.75. The second kappa shape index (κ2) is 18.0. The lowest BCUT2D eigenvalue weighted by molar-refractivity contribution is 0.0179. The molecule has 8 heteroatoms. The van der Waals surface area contributed by atoms with E-state index in [4.69, 9.17) is 24.7 Å². The van der Waals surface area contributed by atoms with E-state index in [-0.39, 0.29) is 6.09 Å². The van der Waals surface area contributed by atoms with Crippen molar-refractivity contribution in [3.05, 3.63) is 59.7 Å². The van der Waals surface area contributed by atoms with Crippen LogP contribution in [-0.4, -0.2) is 56.0 Å². The van der Waals surface area contributed by atoms with Crippen LogP contribution in [-0.2, 0) is 4.74 Å². The van der Waals surface area contributed by atoms with Gasteiger partial charge in [0, 0.05) is 13.1 Å². The molecule has 2 aromatic rings. The maximum atomic E-state index is 12.0. The van der Waals surface area contributed by atoms with E-state index in [1.165, 1.54) is 32.4 Å². The fourth-order valence-electron chi connectivity index (χ4n) is 5.28. The Morgan fingerprint density at radius 1 is 0.791 bits per heavy atom. The number of rotatable bonds is 10. The molecule has 4 rings (SSSR count). The van der Waals surface area contributed by atoms with E-state index in [1.54, 1.807) is 24.3 Å². The van der Waals surface area contributed by atoms with Crippen LogP contribution < -0.4 is 14.8 Å². The molecule has 2 saturated heterocycles. The van der Waals surface area contributed by atoms with Gasteiger partial charge in [-0.1, -0.05) is 0 Å². The predicted octanol–water partition coefficient (Wildman–Crippen LogP) is 7.08. The van der Waals surface area contributed by atoms with Gasteiger partial charge in [-0.15, -0.1) is 0 Å². The highest BCUT2D eigenvalue weighted by molar-refractivity contribution is 5.68. The Morgan fingerprint density at radius 3 is 1.65 bits per heavy atom. The second-order valence-electron chi connectivity index (χ2n) is 12.4. The zero-order chi connectivity index (χ0) is 30.9. The summed E-state index contributed by atoms with van der Waals surface area (Å²) in [7, 11) is 0. The van der Waals surface area contributed by atoms with Gasteiger partial charge in [0.1, 0.15) is 17.1 Å².